The summed E-state index contributed by atoms with van der Waals surface area (Å²) < 4.78 is 80.2. The monoisotopic (exact) mass is 724 g/mol. The Morgan fingerprint density at radius 1 is 0.829 bits per heavy atom. The first-order valence-corrected chi connectivity index (χ1v) is 15.2. The Labute approximate surface area is 268 Å². The SMILES string of the molecule is CC(C#N)(COc1cc(Cl)ccc1Oc1ccc(Cl)cc1Cl)NC(=O)c1c(SF)c(SF)c(SF)c(SF)c1SF. The van der Waals surface area contributed by atoms with Crippen molar-refractivity contribution in [3.05, 3.63) is 57.0 Å². The quantitative estimate of drug-likeness (QED) is 0.184. The summed E-state index contributed by atoms with van der Waals surface area (Å²) in [5.41, 5.74) is -2.72. The molecule has 41 heavy (non-hydrogen) atoms. The van der Waals surface area contributed by atoms with E-state index in [0.717, 1.165) is 0 Å². The maximum atomic E-state index is 13.9. The number of hydrogen-bond acceptors (Lipinski definition) is 9. The zero-order chi connectivity index (χ0) is 30.3. The predicted octanol–water partition coefficient (Wildman–Crippen LogP) is 11.4. The van der Waals surface area contributed by atoms with E-state index in [1.165, 1.54) is 43.3 Å². The van der Waals surface area contributed by atoms with Crippen LogP contribution in [0.1, 0.15) is 17.3 Å². The van der Waals surface area contributed by atoms with E-state index in [1.807, 2.05) is 6.07 Å². The lowest BCUT2D eigenvalue weighted by molar-refractivity contribution is 0.0893. The van der Waals surface area contributed by atoms with Crippen LogP contribution in [-0.2, 0) is 0 Å². The lowest BCUT2D eigenvalue weighted by atomic mass is 10.0. The van der Waals surface area contributed by atoms with Gasteiger partial charge in [0.1, 0.15) is 12.4 Å². The average Bonchev–Trinajstić information content (AvgIpc) is 2.96. The molecule has 18 heteroatoms. The van der Waals surface area contributed by atoms with Gasteiger partial charge in [-0.05, 0) is 37.3 Å². The molecule has 1 atom stereocenters. The fourth-order valence-corrected chi connectivity index (χ4v) is 6.73. The molecular formula is C23H12Cl3F5N2O3S5. The Bertz CT molecular complexity index is 1470. The molecule has 5 nitrogen and oxygen atoms in total. The largest absolute Gasteiger partial charge is 0.486 e. The topological polar surface area (TPSA) is 71.3 Å². The van der Waals surface area contributed by atoms with Gasteiger partial charge >= 0.3 is 0 Å². The molecule has 0 saturated carbocycles. The minimum Gasteiger partial charge on any atom is -0.486 e. The molecule has 3 rings (SSSR count). The summed E-state index contributed by atoms with van der Waals surface area (Å²) in [6.45, 7) is 0.655. The third kappa shape index (κ3) is 7.91. The summed E-state index contributed by atoms with van der Waals surface area (Å²) in [5.74, 6) is -0.929. The first kappa shape index (κ1) is 34.0. The highest BCUT2D eigenvalue weighted by atomic mass is 35.5. The molecule has 1 N–H and O–H groups in total. The number of amides is 1. The van der Waals surface area contributed by atoms with Gasteiger partial charge in [-0.25, -0.2) is 0 Å². The van der Waals surface area contributed by atoms with Gasteiger partial charge in [-0.15, -0.1) is 0 Å². The summed E-state index contributed by atoms with van der Waals surface area (Å²) in [7, 11) is 0. The van der Waals surface area contributed by atoms with Gasteiger partial charge in [0.2, 0.25) is 0 Å². The molecule has 3 aromatic carbocycles. The number of nitrogens with one attached hydrogen (secondary N) is 1. The number of carbonyl (C=O) groups is 1. The third-order valence-electron chi connectivity index (χ3n) is 5.06. The van der Waals surface area contributed by atoms with Crippen molar-refractivity contribution in [2.75, 3.05) is 6.61 Å². The summed E-state index contributed by atoms with van der Waals surface area (Å²) in [6.07, 6.45) is 0. The number of benzene rings is 3. The van der Waals surface area contributed by atoms with Gasteiger partial charge in [-0.2, -0.15) is 24.7 Å². The number of hydrogen-bond donors (Lipinski definition) is 1. The van der Waals surface area contributed by atoms with Crippen molar-refractivity contribution in [3.8, 4) is 23.3 Å². The third-order valence-corrected chi connectivity index (χ3v) is 9.16. The molecule has 0 aliphatic rings. The van der Waals surface area contributed by atoms with Gasteiger partial charge in [-0.1, -0.05) is 34.8 Å². The van der Waals surface area contributed by atoms with Crippen LogP contribution in [0.15, 0.2) is 60.9 Å². The van der Waals surface area contributed by atoms with Gasteiger partial charge < -0.3 is 14.8 Å². The van der Waals surface area contributed by atoms with Crippen LogP contribution in [0.25, 0.3) is 0 Å². The van der Waals surface area contributed by atoms with Gasteiger partial charge in [0.05, 0.1) is 102 Å². The molecule has 0 bridgehead atoms. The maximum Gasteiger partial charge on any atom is 0.255 e. The number of nitriles is 1. The highest BCUT2D eigenvalue weighted by Crippen LogP contribution is 2.52. The fraction of sp³-hybridized carbons (Fsp3) is 0.130. The van der Waals surface area contributed by atoms with Gasteiger partial charge in [0.25, 0.3) is 5.91 Å². The smallest absolute Gasteiger partial charge is 0.255 e. The summed E-state index contributed by atoms with van der Waals surface area (Å²) >= 11 is 14.9. The molecule has 0 aromatic heterocycles. The molecule has 0 fully saturated rings. The molecule has 0 radical (unpaired) electrons. The van der Waals surface area contributed by atoms with Gasteiger partial charge in [0.15, 0.2) is 17.0 Å². The van der Waals surface area contributed by atoms with Crippen molar-refractivity contribution < 1.29 is 33.7 Å². The highest BCUT2D eigenvalue weighted by Gasteiger charge is 2.35. The molecular weight excluding hydrogens is 714 g/mol. The van der Waals surface area contributed by atoms with E-state index >= 15 is 0 Å². The highest BCUT2D eigenvalue weighted by molar-refractivity contribution is 8.00. The van der Waals surface area contributed by atoms with Crippen LogP contribution in [0.4, 0.5) is 19.4 Å². The van der Waals surface area contributed by atoms with Crippen LogP contribution in [0, 0.1) is 11.3 Å². The van der Waals surface area contributed by atoms with Crippen molar-refractivity contribution in [2.24, 2.45) is 0 Å². The maximum absolute atomic E-state index is 13.9. The molecule has 1 amide bonds. The number of nitrogens with zero attached hydrogens (tertiary/aromatic N) is 1. The second kappa shape index (κ2) is 15.3. The average molecular weight is 726 g/mol. The normalized spacial score (nSPS) is 12.4. The summed E-state index contributed by atoms with van der Waals surface area (Å²) in [4.78, 5) is 9.33. The summed E-state index contributed by atoms with van der Waals surface area (Å²) in [6, 6.07) is 10.6. The summed E-state index contributed by atoms with van der Waals surface area (Å²) in [5, 5.41) is 12.9. The lowest BCUT2D eigenvalue weighted by Crippen LogP contribution is -2.49. The van der Waals surface area contributed by atoms with E-state index in [0.29, 0.717) is 5.02 Å². The fourth-order valence-electron chi connectivity index (χ4n) is 3.19. The molecule has 0 heterocycles. The van der Waals surface area contributed by atoms with Crippen LogP contribution < -0.4 is 14.8 Å². The second-order valence-electron chi connectivity index (χ2n) is 7.86. The lowest BCUT2D eigenvalue weighted by Gasteiger charge is -2.25. The number of halogens is 8. The van der Waals surface area contributed by atoms with Gasteiger partial charge in [-0.3, -0.25) is 4.79 Å². The number of carbonyl (C=O) groups excluding carboxylic acids is 1. The molecule has 1 unspecified atom stereocenters. The van der Waals surface area contributed by atoms with Crippen LogP contribution in [-0.4, -0.2) is 18.1 Å². The predicted molar refractivity (Wildman–Crippen MR) is 156 cm³/mol. The van der Waals surface area contributed by atoms with Crippen LogP contribution in [0.2, 0.25) is 15.1 Å². The molecule has 3 aromatic rings. The molecule has 0 aliphatic carbocycles. The van der Waals surface area contributed by atoms with Crippen LogP contribution >= 0.6 is 95.5 Å². The standard InChI is InChI=1S/C23H12Cl3F5N2O3S5/c1-23(8-32,9-35-15-7-11(25)3-5-14(15)36-13-4-2-10(24)6-12(13)26)33-22(34)16-17(37-27)19(39-29)21(41-31)20(40-30)18(16)38-28/h2-7H,9H2,1H3,(H,33,34). The van der Waals surface area contributed by atoms with Crippen molar-refractivity contribution in [2.45, 2.75) is 36.9 Å². The van der Waals surface area contributed by atoms with E-state index < -0.39 is 109 Å². The zero-order valence-corrected chi connectivity index (χ0v) is 26.3. The number of ether oxygens (including phenoxy) is 2. The van der Waals surface area contributed by atoms with E-state index in [2.05, 4.69) is 5.32 Å². The first-order chi connectivity index (χ1) is 19.6. The van der Waals surface area contributed by atoms with E-state index in [-0.39, 0.29) is 27.3 Å². The van der Waals surface area contributed by atoms with Crippen LogP contribution in [0.5, 0.6) is 17.2 Å². The minimum absolute atomic E-state index is 0.0239. The van der Waals surface area contributed by atoms with Crippen molar-refractivity contribution in [1.82, 2.24) is 5.32 Å². The first-order valence-electron chi connectivity index (χ1n) is 10.5. The van der Waals surface area contributed by atoms with E-state index in [4.69, 9.17) is 44.3 Å². The molecule has 0 saturated heterocycles. The minimum atomic E-state index is -1.88. The Morgan fingerprint density at radius 2 is 1.32 bits per heavy atom. The van der Waals surface area contributed by atoms with Crippen molar-refractivity contribution in [3.63, 3.8) is 0 Å². The zero-order valence-electron chi connectivity index (χ0n) is 19.9. The van der Waals surface area contributed by atoms with E-state index in [1.54, 1.807) is 0 Å². The number of rotatable bonds is 12. The van der Waals surface area contributed by atoms with Crippen LogP contribution in [0.3, 0.4) is 0 Å². The Hall–Kier alpha value is -1.51. The Kier molecular flexibility index (Phi) is 12.7. The van der Waals surface area contributed by atoms with E-state index in [9.17, 15) is 29.5 Å². The van der Waals surface area contributed by atoms with Crippen molar-refractivity contribution >= 4 is 101 Å². The molecule has 0 aliphatic heterocycles. The van der Waals surface area contributed by atoms with Crippen molar-refractivity contribution in [1.29, 1.82) is 5.26 Å². The Morgan fingerprint density at radius 3 is 1.80 bits per heavy atom. The molecule has 218 valence electrons. The Balaban J connectivity index is 1.94. The second-order valence-corrected chi connectivity index (χ2v) is 12.0. The molecule has 0 spiro atoms. The van der Waals surface area contributed by atoms with Gasteiger partial charge in [0, 0.05) is 16.1 Å².